The van der Waals surface area contributed by atoms with Gasteiger partial charge in [-0.2, -0.15) is 0 Å². The van der Waals surface area contributed by atoms with Crippen LogP contribution in [0.4, 0.5) is 5.69 Å². The van der Waals surface area contributed by atoms with E-state index in [2.05, 4.69) is 10.3 Å². The maximum absolute atomic E-state index is 12.0. The number of halogens is 4. The van der Waals surface area contributed by atoms with Gasteiger partial charge in [-0.15, -0.1) is 0 Å². The van der Waals surface area contributed by atoms with Crippen LogP contribution in [-0.2, 0) is 0 Å². The number of carbonyl (C=O) groups excluding carboxylic acids is 1. The summed E-state index contributed by atoms with van der Waals surface area (Å²) in [5.41, 5.74) is 0.763. The van der Waals surface area contributed by atoms with Crippen molar-refractivity contribution in [3.05, 3.63) is 56.2 Å². The van der Waals surface area contributed by atoms with Crippen LogP contribution in [0.25, 0.3) is 0 Å². The van der Waals surface area contributed by atoms with E-state index in [1.165, 1.54) is 12.3 Å². The lowest BCUT2D eigenvalue weighted by Crippen LogP contribution is -2.12. The summed E-state index contributed by atoms with van der Waals surface area (Å²) < 4.78 is 0. The molecule has 7 heteroatoms. The van der Waals surface area contributed by atoms with E-state index in [0.29, 0.717) is 15.7 Å². The fourth-order valence-electron chi connectivity index (χ4n) is 1.37. The third-order valence-electron chi connectivity index (χ3n) is 2.18. The Labute approximate surface area is 129 Å². The molecule has 0 aliphatic rings. The second-order valence-electron chi connectivity index (χ2n) is 3.61. The zero-order valence-electron chi connectivity index (χ0n) is 9.25. The molecule has 0 saturated heterocycles. The molecule has 2 aromatic rings. The molecule has 1 N–H and O–H groups in total. The Hall–Kier alpha value is -1.00. The quantitative estimate of drug-likeness (QED) is 0.789. The number of hydrogen-bond donors (Lipinski definition) is 1. The lowest BCUT2D eigenvalue weighted by atomic mass is 10.2. The van der Waals surface area contributed by atoms with Crippen LogP contribution in [0.15, 0.2) is 30.5 Å². The van der Waals surface area contributed by atoms with E-state index in [4.69, 9.17) is 46.4 Å². The number of hydrogen-bond acceptors (Lipinski definition) is 2. The van der Waals surface area contributed by atoms with E-state index in [-0.39, 0.29) is 21.6 Å². The van der Waals surface area contributed by atoms with E-state index in [9.17, 15) is 4.79 Å². The number of carbonyl (C=O) groups is 1. The number of rotatable bonds is 2. The second kappa shape index (κ2) is 5.97. The summed E-state index contributed by atoms with van der Waals surface area (Å²) in [5.74, 6) is -0.385. The largest absolute Gasteiger partial charge is 0.322 e. The molecule has 1 aromatic heterocycles. The summed E-state index contributed by atoms with van der Waals surface area (Å²) in [7, 11) is 0. The van der Waals surface area contributed by atoms with Crippen molar-refractivity contribution in [2.24, 2.45) is 0 Å². The Bertz CT molecular complexity index is 625. The highest BCUT2D eigenvalue weighted by molar-refractivity contribution is 6.41. The number of nitrogens with zero attached hydrogens (tertiary/aromatic N) is 1. The van der Waals surface area contributed by atoms with Gasteiger partial charge in [-0.25, -0.2) is 4.98 Å². The first-order chi connectivity index (χ1) is 8.95. The van der Waals surface area contributed by atoms with Gasteiger partial charge < -0.3 is 5.32 Å². The summed E-state index contributed by atoms with van der Waals surface area (Å²) in [6.07, 6.45) is 1.33. The van der Waals surface area contributed by atoms with Gasteiger partial charge >= 0.3 is 0 Å². The maximum atomic E-state index is 12.0. The monoisotopic (exact) mass is 334 g/mol. The molecule has 0 spiro atoms. The lowest BCUT2D eigenvalue weighted by Gasteiger charge is -2.06. The molecule has 0 saturated carbocycles. The van der Waals surface area contributed by atoms with Gasteiger partial charge in [-0.3, -0.25) is 4.79 Å². The normalized spacial score (nSPS) is 10.3. The molecular weight excluding hydrogens is 330 g/mol. The van der Waals surface area contributed by atoms with Gasteiger partial charge in [0.1, 0.15) is 5.15 Å². The van der Waals surface area contributed by atoms with Crippen LogP contribution in [0.5, 0.6) is 0 Å². The van der Waals surface area contributed by atoms with E-state index in [1.807, 2.05) is 0 Å². The van der Waals surface area contributed by atoms with Crippen LogP contribution in [0.1, 0.15) is 10.4 Å². The molecule has 0 atom stereocenters. The minimum absolute atomic E-state index is 0.143. The van der Waals surface area contributed by atoms with Crippen molar-refractivity contribution >= 4 is 58.0 Å². The van der Waals surface area contributed by atoms with Crippen LogP contribution in [-0.4, -0.2) is 10.9 Å². The van der Waals surface area contributed by atoms with Crippen LogP contribution < -0.4 is 5.32 Å². The first-order valence-electron chi connectivity index (χ1n) is 5.04. The SMILES string of the molecule is O=C(Nc1cc(Cl)cc(Cl)c1)c1cnc(Cl)c(Cl)c1. The predicted octanol–water partition coefficient (Wildman–Crippen LogP) is 4.95. The van der Waals surface area contributed by atoms with Crippen molar-refractivity contribution < 1.29 is 4.79 Å². The first kappa shape index (κ1) is 14.4. The van der Waals surface area contributed by atoms with Crippen molar-refractivity contribution in [1.29, 1.82) is 0 Å². The van der Waals surface area contributed by atoms with E-state index in [0.717, 1.165) is 0 Å². The van der Waals surface area contributed by atoms with Crippen LogP contribution in [0, 0.1) is 0 Å². The molecule has 0 unspecified atom stereocenters. The lowest BCUT2D eigenvalue weighted by molar-refractivity contribution is 0.102. The smallest absolute Gasteiger partial charge is 0.257 e. The van der Waals surface area contributed by atoms with Gasteiger partial charge in [0.05, 0.1) is 10.6 Å². The van der Waals surface area contributed by atoms with Crippen molar-refractivity contribution in [3.63, 3.8) is 0 Å². The Kier molecular flexibility index (Phi) is 4.53. The summed E-state index contributed by atoms with van der Waals surface area (Å²) in [6.45, 7) is 0. The summed E-state index contributed by atoms with van der Waals surface area (Å²) in [5, 5.41) is 3.84. The number of nitrogens with one attached hydrogen (secondary N) is 1. The number of aromatic nitrogens is 1. The fraction of sp³-hybridized carbons (Fsp3) is 0. The highest BCUT2D eigenvalue weighted by Gasteiger charge is 2.10. The molecule has 98 valence electrons. The Morgan fingerprint density at radius 3 is 2.21 bits per heavy atom. The number of pyridine rings is 1. The van der Waals surface area contributed by atoms with Gasteiger partial charge in [-0.05, 0) is 24.3 Å². The fourth-order valence-corrected chi connectivity index (χ4v) is 2.17. The van der Waals surface area contributed by atoms with Crippen molar-refractivity contribution in [3.8, 4) is 0 Å². The Morgan fingerprint density at radius 2 is 1.63 bits per heavy atom. The van der Waals surface area contributed by atoms with E-state index in [1.54, 1.807) is 18.2 Å². The topological polar surface area (TPSA) is 42.0 Å². The highest BCUT2D eigenvalue weighted by Crippen LogP contribution is 2.24. The van der Waals surface area contributed by atoms with Crippen molar-refractivity contribution in [2.75, 3.05) is 5.32 Å². The number of benzene rings is 1. The average molecular weight is 336 g/mol. The molecule has 2 rings (SSSR count). The molecule has 19 heavy (non-hydrogen) atoms. The zero-order valence-corrected chi connectivity index (χ0v) is 12.3. The predicted molar refractivity (Wildman–Crippen MR) is 78.7 cm³/mol. The molecule has 1 aromatic carbocycles. The van der Waals surface area contributed by atoms with Gasteiger partial charge in [-0.1, -0.05) is 46.4 Å². The first-order valence-corrected chi connectivity index (χ1v) is 6.55. The average Bonchev–Trinajstić information content (AvgIpc) is 2.31. The molecule has 0 aliphatic carbocycles. The standard InChI is InChI=1S/C12H6Cl4N2O/c13-7-2-8(14)4-9(3-7)18-12(19)6-1-10(15)11(16)17-5-6/h1-5H,(H,18,19). The van der Waals surface area contributed by atoms with E-state index < -0.39 is 0 Å². The molecule has 0 aliphatic heterocycles. The van der Waals surface area contributed by atoms with Crippen molar-refractivity contribution in [1.82, 2.24) is 4.98 Å². The second-order valence-corrected chi connectivity index (χ2v) is 5.25. The Morgan fingerprint density at radius 1 is 1.00 bits per heavy atom. The minimum Gasteiger partial charge on any atom is -0.322 e. The molecule has 1 heterocycles. The van der Waals surface area contributed by atoms with Gasteiger partial charge in [0.15, 0.2) is 0 Å². The summed E-state index contributed by atoms with van der Waals surface area (Å²) >= 11 is 23.1. The van der Waals surface area contributed by atoms with Gasteiger partial charge in [0.25, 0.3) is 5.91 Å². The number of anilines is 1. The Balaban J connectivity index is 2.22. The third-order valence-corrected chi connectivity index (χ3v) is 3.30. The summed E-state index contributed by atoms with van der Waals surface area (Å²) in [4.78, 5) is 15.8. The van der Waals surface area contributed by atoms with Gasteiger partial charge in [0, 0.05) is 21.9 Å². The van der Waals surface area contributed by atoms with Crippen LogP contribution >= 0.6 is 46.4 Å². The van der Waals surface area contributed by atoms with Crippen molar-refractivity contribution in [2.45, 2.75) is 0 Å². The molecule has 0 bridgehead atoms. The molecule has 1 amide bonds. The molecule has 0 radical (unpaired) electrons. The zero-order chi connectivity index (χ0) is 14.0. The molecule has 3 nitrogen and oxygen atoms in total. The minimum atomic E-state index is -0.385. The third kappa shape index (κ3) is 3.74. The molecular formula is C12H6Cl4N2O. The van der Waals surface area contributed by atoms with Gasteiger partial charge in [0.2, 0.25) is 0 Å². The summed E-state index contributed by atoms with van der Waals surface area (Å²) in [6, 6.07) is 6.16. The maximum Gasteiger partial charge on any atom is 0.257 e. The van der Waals surface area contributed by atoms with Crippen LogP contribution in [0.3, 0.4) is 0 Å². The molecule has 0 fully saturated rings. The van der Waals surface area contributed by atoms with E-state index >= 15 is 0 Å². The van der Waals surface area contributed by atoms with Crippen LogP contribution in [0.2, 0.25) is 20.2 Å². The highest BCUT2D eigenvalue weighted by atomic mass is 35.5. The number of amides is 1.